The summed E-state index contributed by atoms with van der Waals surface area (Å²) in [6.07, 6.45) is 0. The van der Waals surface area contributed by atoms with E-state index in [2.05, 4.69) is 15.2 Å². The fourth-order valence-electron chi connectivity index (χ4n) is 0.890. The van der Waals surface area contributed by atoms with Crippen LogP contribution in [0.3, 0.4) is 0 Å². The average molecular weight is 244 g/mol. The zero-order valence-corrected chi connectivity index (χ0v) is 9.80. The van der Waals surface area contributed by atoms with Gasteiger partial charge >= 0.3 is 5.97 Å². The first-order valence-corrected chi connectivity index (χ1v) is 5.65. The smallest absolute Gasteiger partial charge is 0.315 e. The van der Waals surface area contributed by atoms with Gasteiger partial charge in [0.25, 0.3) is 0 Å². The molecule has 0 aliphatic carbocycles. The fourth-order valence-corrected chi connectivity index (χ4v) is 1.53. The standard InChI is InChI=1S/C9H12N2O4S/c1-6-3-7(11-15-6)10-8(12)4-16-5-9(13)14-2/h3H,4-5H2,1-2H3,(H,10,11,12). The molecular weight excluding hydrogens is 232 g/mol. The first-order chi connectivity index (χ1) is 7.61. The van der Waals surface area contributed by atoms with Crippen LogP contribution in [0.25, 0.3) is 0 Å². The molecule has 16 heavy (non-hydrogen) atoms. The second-order valence-electron chi connectivity index (χ2n) is 2.94. The lowest BCUT2D eigenvalue weighted by Crippen LogP contribution is -2.15. The first-order valence-electron chi connectivity index (χ1n) is 4.49. The Kier molecular flexibility index (Phi) is 4.84. The molecule has 7 heteroatoms. The number of carbonyl (C=O) groups is 2. The van der Waals surface area contributed by atoms with E-state index >= 15 is 0 Å². The number of rotatable bonds is 5. The average Bonchev–Trinajstić information content (AvgIpc) is 2.63. The molecule has 1 aromatic rings. The van der Waals surface area contributed by atoms with E-state index in [0.717, 1.165) is 0 Å². The normalized spacial score (nSPS) is 9.88. The fraction of sp³-hybridized carbons (Fsp3) is 0.444. The van der Waals surface area contributed by atoms with Crippen LogP contribution in [0.2, 0.25) is 0 Å². The minimum Gasteiger partial charge on any atom is -0.468 e. The Labute approximate surface area is 96.7 Å². The van der Waals surface area contributed by atoms with Crippen molar-refractivity contribution in [1.82, 2.24) is 5.16 Å². The van der Waals surface area contributed by atoms with Crippen LogP contribution in [0.5, 0.6) is 0 Å². The Hall–Kier alpha value is -1.50. The van der Waals surface area contributed by atoms with Gasteiger partial charge in [-0.15, -0.1) is 11.8 Å². The van der Waals surface area contributed by atoms with Crippen molar-refractivity contribution < 1.29 is 18.8 Å². The third kappa shape index (κ3) is 4.35. The zero-order valence-electron chi connectivity index (χ0n) is 8.98. The van der Waals surface area contributed by atoms with Crippen molar-refractivity contribution in [2.75, 3.05) is 23.9 Å². The van der Waals surface area contributed by atoms with Gasteiger partial charge in [-0.25, -0.2) is 0 Å². The van der Waals surface area contributed by atoms with Crippen molar-refractivity contribution in [3.8, 4) is 0 Å². The molecule has 0 atom stereocenters. The summed E-state index contributed by atoms with van der Waals surface area (Å²) in [6, 6.07) is 1.61. The van der Waals surface area contributed by atoms with Crippen LogP contribution in [0.1, 0.15) is 5.76 Å². The van der Waals surface area contributed by atoms with Crippen LogP contribution in [0.4, 0.5) is 5.82 Å². The van der Waals surface area contributed by atoms with Crippen LogP contribution in [-0.2, 0) is 14.3 Å². The molecule has 0 aliphatic rings. The highest BCUT2D eigenvalue weighted by atomic mass is 32.2. The van der Waals surface area contributed by atoms with Crippen LogP contribution in [-0.4, -0.2) is 35.6 Å². The summed E-state index contributed by atoms with van der Waals surface area (Å²) < 4.78 is 9.21. The van der Waals surface area contributed by atoms with Gasteiger partial charge in [0.1, 0.15) is 5.76 Å². The lowest BCUT2D eigenvalue weighted by molar-refractivity contribution is -0.137. The maximum atomic E-state index is 11.3. The lowest BCUT2D eigenvalue weighted by Gasteiger charge is -2.00. The largest absolute Gasteiger partial charge is 0.468 e. The Balaban J connectivity index is 2.23. The molecule has 0 spiro atoms. The number of anilines is 1. The highest BCUT2D eigenvalue weighted by molar-refractivity contribution is 8.00. The van der Waals surface area contributed by atoms with Crippen LogP contribution < -0.4 is 5.32 Å². The first kappa shape index (κ1) is 12.6. The van der Waals surface area contributed by atoms with Gasteiger partial charge in [0, 0.05) is 6.07 Å². The number of nitrogens with one attached hydrogen (secondary N) is 1. The third-order valence-corrected chi connectivity index (χ3v) is 2.48. The summed E-state index contributed by atoms with van der Waals surface area (Å²) in [7, 11) is 1.31. The molecule has 0 radical (unpaired) electrons. The van der Waals surface area contributed by atoms with Gasteiger partial charge in [0.05, 0.1) is 18.6 Å². The van der Waals surface area contributed by atoms with Gasteiger partial charge < -0.3 is 14.6 Å². The highest BCUT2D eigenvalue weighted by Gasteiger charge is 2.07. The Morgan fingerprint density at radius 3 is 2.88 bits per heavy atom. The van der Waals surface area contributed by atoms with Crippen molar-refractivity contribution in [1.29, 1.82) is 0 Å². The van der Waals surface area contributed by atoms with Gasteiger partial charge in [0.15, 0.2) is 5.82 Å². The molecule has 0 saturated carbocycles. The molecule has 88 valence electrons. The molecule has 0 saturated heterocycles. The molecule has 6 nitrogen and oxygen atoms in total. The second kappa shape index (κ2) is 6.16. The summed E-state index contributed by atoms with van der Waals surface area (Å²) in [5.74, 6) is 0.735. The van der Waals surface area contributed by atoms with Crippen molar-refractivity contribution in [3.05, 3.63) is 11.8 Å². The lowest BCUT2D eigenvalue weighted by atomic mass is 10.5. The van der Waals surface area contributed by atoms with Crippen LogP contribution in [0.15, 0.2) is 10.6 Å². The summed E-state index contributed by atoms with van der Waals surface area (Å²) in [6.45, 7) is 1.73. The SMILES string of the molecule is COC(=O)CSCC(=O)Nc1cc(C)on1. The molecule has 0 unspecified atom stereocenters. The number of aryl methyl sites for hydroxylation is 1. The van der Waals surface area contributed by atoms with E-state index in [1.807, 2.05) is 0 Å². The van der Waals surface area contributed by atoms with Crippen molar-refractivity contribution in [2.24, 2.45) is 0 Å². The third-order valence-electron chi connectivity index (χ3n) is 1.58. The van der Waals surface area contributed by atoms with Crippen molar-refractivity contribution in [2.45, 2.75) is 6.92 Å². The van der Waals surface area contributed by atoms with E-state index in [1.54, 1.807) is 13.0 Å². The van der Waals surface area contributed by atoms with Crippen LogP contribution >= 0.6 is 11.8 Å². The number of aromatic nitrogens is 1. The van der Waals surface area contributed by atoms with E-state index in [4.69, 9.17) is 4.52 Å². The minimum absolute atomic E-state index is 0.155. The van der Waals surface area contributed by atoms with Gasteiger partial charge in [0.2, 0.25) is 5.91 Å². The number of thioether (sulfide) groups is 1. The molecule has 1 aromatic heterocycles. The molecule has 0 bridgehead atoms. The van der Waals surface area contributed by atoms with E-state index in [9.17, 15) is 9.59 Å². The van der Waals surface area contributed by atoms with Gasteiger partial charge in [-0.1, -0.05) is 5.16 Å². The van der Waals surface area contributed by atoms with Gasteiger partial charge in [-0.05, 0) is 6.92 Å². The number of nitrogens with zero attached hydrogens (tertiary/aromatic N) is 1. The summed E-state index contributed by atoms with van der Waals surface area (Å²) in [5, 5.41) is 6.15. The van der Waals surface area contributed by atoms with Crippen LogP contribution in [0, 0.1) is 6.92 Å². The monoisotopic (exact) mass is 244 g/mol. The summed E-state index contributed by atoms with van der Waals surface area (Å²) in [5.41, 5.74) is 0. The molecule has 0 aromatic carbocycles. The number of methoxy groups -OCH3 is 1. The topological polar surface area (TPSA) is 81.4 Å². The maximum Gasteiger partial charge on any atom is 0.315 e. The van der Waals surface area contributed by atoms with Gasteiger partial charge in [-0.3, -0.25) is 9.59 Å². The highest BCUT2D eigenvalue weighted by Crippen LogP contribution is 2.08. The minimum atomic E-state index is -0.352. The molecule has 0 aliphatic heterocycles. The molecule has 1 heterocycles. The number of hydrogen-bond donors (Lipinski definition) is 1. The summed E-state index contributed by atoms with van der Waals surface area (Å²) in [4.78, 5) is 22.1. The molecule has 1 rings (SSSR count). The van der Waals surface area contributed by atoms with E-state index < -0.39 is 0 Å². The molecular formula is C9H12N2O4S. The molecule has 0 fully saturated rings. The zero-order chi connectivity index (χ0) is 12.0. The van der Waals surface area contributed by atoms with E-state index in [-0.39, 0.29) is 23.4 Å². The van der Waals surface area contributed by atoms with Gasteiger partial charge in [-0.2, -0.15) is 0 Å². The molecule has 1 amide bonds. The number of esters is 1. The Morgan fingerprint density at radius 1 is 1.56 bits per heavy atom. The van der Waals surface area contributed by atoms with Crippen molar-refractivity contribution >= 4 is 29.5 Å². The summed E-state index contributed by atoms with van der Waals surface area (Å²) >= 11 is 1.18. The number of hydrogen-bond acceptors (Lipinski definition) is 6. The number of carbonyl (C=O) groups excluding carboxylic acids is 2. The quantitative estimate of drug-likeness (QED) is 0.772. The van der Waals surface area contributed by atoms with E-state index in [1.165, 1.54) is 18.9 Å². The Morgan fingerprint density at radius 2 is 2.31 bits per heavy atom. The number of amides is 1. The second-order valence-corrected chi connectivity index (χ2v) is 3.93. The maximum absolute atomic E-state index is 11.3. The predicted octanol–water partition coefficient (Wildman–Crippen LogP) is 0.828. The van der Waals surface area contributed by atoms with Crippen molar-refractivity contribution in [3.63, 3.8) is 0 Å². The van der Waals surface area contributed by atoms with E-state index in [0.29, 0.717) is 11.6 Å². The predicted molar refractivity (Wildman–Crippen MR) is 59.2 cm³/mol. The number of ether oxygens (including phenoxy) is 1. The molecule has 1 N–H and O–H groups in total. The Bertz CT molecular complexity index is 377.